The first kappa shape index (κ1) is 13.4. The molecule has 1 aromatic carbocycles. The molecule has 0 saturated heterocycles. The van der Waals surface area contributed by atoms with Crippen LogP contribution in [0, 0.1) is 0 Å². The van der Waals surface area contributed by atoms with Crippen molar-refractivity contribution in [2.45, 2.75) is 6.61 Å². The summed E-state index contributed by atoms with van der Waals surface area (Å²) >= 11 is 18.1. The molecule has 3 N–H and O–H groups in total. The summed E-state index contributed by atoms with van der Waals surface area (Å²) in [7, 11) is 0. The van der Waals surface area contributed by atoms with Crippen molar-refractivity contribution >= 4 is 40.6 Å². The zero-order valence-electron chi connectivity index (χ0n) is 9.12. The Morgan fingerprint density at radius 1 is 1.11 bits per heavy atom. The summed E-state index contributed by atoms with van der Waals surface area (Å²) in [6.07, 6.45) is 1.50. The van der Waals surface area contributed by atoms with E-state index < -0.39 is 0 Å². The number of aromatic nitrogens is 1. The van der Waals surface area contributed by atoms with Crippen molar-refractivity contribution in [3.05, 3.63) is 45.0 Å². The molecule has 0 radical (unpaired) electrons. The van der Waals surface area contributed by atoms with Crippen LogP contribution in [-0.4, -0.2) is 10.1 Å². The molecule has 0 aliphatic rings. The van der Waals surface area contributed by atoms with Crippen LogP contribution in [0.5, 0.6) is 0 Å². The first-order valence-electron chi connectivity index (χ1n) is 5.03. The number of pyridine rings is 1. The number of rotatable bonds is 2. The second-order valence-electron chi connectivity index (χ2n) is 3.68. The Morgan fingerprint density at radius 3 is 2.28 bits per heavy atom. The van der Waals surface area contributed by atoms with Crippen LogP contribution < -0.4 is 5.73 Å². The van der Waals surface area contributed by atoms with Crippen LogP contribution in [0.25, 0.3) is 11.1 Å². The highest BCUT2D eigenvalue weighted by Gasteiger charge is 2.14. The number of nitrogen functional groups attached to an aromatic ring is 1. The van der Waals surface area contributed by atoms with Gasteiger partial charge in [-0.05, 0) is 23.8 Å². The van der Waals surface area contributed by atoms with Gasteiger partial charge in [-0.2, -0.15) is 0 Å². The van der Waals surface area contributed by atoms with Gasteiger partial charge in [0, 0.05) is 22.3 Å². The van der Waals surface area contributed by atoms with Gasteiger partial charge >= 0.3 is 0 Å². The molecule has 6 heteroatoms. The quantitative estimate of drug-likeness (QED) is 0.887. The van der Waals surface area contributed by atoms with E-state index in [-0.39, 0.29) is 6.61 Å². The molecule has 1 heterocycles. The lowest BCUT2D eigenvalue weighted by Gasteiger charge is -2.11. The third kappa shape index (κ3) is 2.54. The van der Waals surface area contributed by atoms with E-state index in [1.807, 2.05) is 0 Å². The van der Waals surface area contributed by atoms with E-state index >= 15 is 0 Å². The van der Waals surface area contributed by atoms with Crippen molar-refractivity contribution in [2.75, 3.05) is 5.73 Å². The average molecular weight is 304 g/mol. The van der Waals surface area contributed by atoms with Gasteiger partial charge in [0.1, 0.15) is 5.82 Å². The zero-order valence-corrected chi connectivity index (χ0v) is 11.4. The minimum atomic E-state index is -0.136. The standard InChI is InChI=1S/C12H9Cl3N2O/c13-7-2-9(14)11(10(15)3-7)8-1-6(5-18)4-17-12(8)16/h1-4,18H,5H2,(H2,16,17). The number of anilines is 1. The topological polar surface area (TPSA) is 59.1 Å². The molecule has 1 aromatic heterocycles. The molecule has 0 amide bonds. The van der Waals surface area contributed by atoms with E-state index in [0.29, 0.717) is 37.6 Å². The summed E-state index contributed by atoms with van der Waals surface area (Å²) < 4.78 is 0. The van der Waals surface area contributed by atoms with E-state index in [0.717, 1.165) is 0 Å². The molecule has 0 bridgehead atoms. The highest BCUT2D eigenvalue weighted by atomic mass is 35.5. The Kier molecular flexibility index (Phi) is 3.97. The highest BCUT2D eigenvalue weighted by Crippen LogP contribution is 2.39. The van der Waals surface area contributed by atoms with Crippen LogP contribution in [0.1, 0.15) is 5.56 Å². The molecule has 18 heavy (non-hydrogen) atoms. The van der Waals surface area contributed by atoms with Gasteiger partial charge in [0.15, 0.2) is 0 Å². The van der Waals surface area contributed by atoms with Crippen molar-refractivity contribution in [1.29, 1.82) is 0 Å². The van der Waals surface area contributed by atoms with E-state index in [1.165, 1.54) is 6.20 Å². The molecule has 0 aliphatic carbocycles. The van der Waals surface area contributed by atoms with Crippen LogP contribution in [0.4, 0.5) is 5.82 Å². The van der Waals surface area contributed by atoms with Crippen LogP contribution in [-0.2, 0) is 6.61 Å². The van der Waals surface area contributed by atoms with E-state index in [2.05, 4.69) is 4.98 Å². The van der Waals surface area contributed by atoms with Gasteiger partial charge in [-0.25, -0.2) is 4.98 Å². The predicted molar refractivity (Wildman–Crippen MR) is 75.0 cm³/mol. The second-order valence-corrected chi connectivity index (χ2v) is 4.93. The van der Waals surface area contributed by atoms with Gasteiger partial charge in [-0.15, -0.1) is 0 Å². The van der Waals surface area contributed by atoms with Gasteiger partial charge in [0.2, 0.25) is 0 Å². The summed E-state index contributed by atoms with van der Waals surface area (Å²) in [4.78, 5) is 4.00. The lowest BCUT2D eigenvalue weighted by Crippen LogP contribution is -1.97. The minimum Gasteiger partial charge on any atom is -0.392 e. The Morgan fingerprint density at radius 2 is 1.72 bits per heavy atom. The number of aliphatic hydroxyl groups is 1. The Labute approximate surface area is 119 Å². The Balaban J connectivity index is 2.68. The SMILES string of the molecule is Nc1ncc(CO)cc1-c1c(Cl)cc(Cl)cc1Cl. The third-order valence-electron chi connectivity index (χ3n) is 2.43. The van der Waals surface area contributed by atoms with Crippen molar-refractivity contribution in [1.82, 2.24) is 4.98 Å². The third-order valence-corrected chi connectivity index (χ3v) is 3.25. The van der Waals surface area contributed by atoms with Crippen molar-refractivity contribution in [3.8, 4) is 11.1 Å². The number of nitrogens with zero attached hydrogens (tertiary/aromatic N) is 1. The van der Waals surface area contributed by atoms with Gasteiger partial charge < -0.3 is 10.8 Å². The van der Waals surface area contributed by atoms with Gasteiger partial charge in [0.05, 0.1) is 16.7 Å². The number of benzene rings is 1. The molecule has 2 rings (SSSR count). The van der Waals surface area contributed by atoms with E-state index in [1.54, 1.807) is 18.2 Å². The number of nitrogens with two attached hydrogens (primary N) is 1. The van der Waals surface area contributed by atoms with Gasteiger partial charge in [-0.3, -0.25) is 0 Å². The Bertz CT molecular complexity index is 579. The normalized spacial score (nSPS) is 10.7. The van der Waals surface area contributed by atoms with Gasteiger partial charge in [0.25, 0.3) is 0 Å². The second kappa shape index (κ2) is 5.33. The maximum absolute atomic E-state index is 9.11. The minimum absolute atomic E-state index is 0.136. The molecule has 3 nitrogen and oxygen atoms in total. The molecular formula is C12H9Cl3N2O. The maximum Gasteiger partial charge on any atom is 0.131 e. The van der Waals surface area contributed by atoms with Crippen LogP contribution in [0.15, 0.2) is 24.4 Å². The highest BCUT2D eigenvalue weighted by molar-refractivity contribution is 6.42. The molecule has 0 fully saturated rings. The Hall–Kier alpha value is -1.000. The number of hydrogen-bond acceptors (Lipinski definition) is 3. The first-order chi connectivity index (χ1) is 8.52. The summed E-state index contributed by atoms with van der Waals surface area (Å²) in [5.41, 5.74) is 7.57. The molecule has 0 unspecified atom stereocenters. The molecule has 0 spiro atoms. The summed E-state index contributed by atoms with van der Waals surface area (Å²) in [6.45, 7) is -0.136. The zero-order chi connectivity index (χ0) is 13.3. The molecule has 0 atom stereocenters. The van der Waals surface area contributed by atoms with Crippen molar-refractivity contribution in [2.24, 2.45) is 0 Å². The fourth-order valence-electron chi connectivity index (χ4n) is 1.60. The van der Waals surface area contributed by atoms with Crippen molar-refractivity contribution < 1.29 is 5.11 Å². The van der Waals surface area contributed by atoms with Crippen molar-refractivity contribution in [3.63, 3.8) is 0 Å². The molecule has 0 saturated carbocycles. The lowest BCUT2D eigenvalue weighted by molar-refractivity contribution is 0.281. The summed E-state index contributed by atoms with van der Waals surface area (Å²) in [5.74, 6) is 0.290. The van der Waals surface area contributed by atoms with E-state index in [4.69, 9.17) is 45.6 Å². The molecule has 0 aliphatic heterocycles. The van der Waals surface area contributed by atoms with Crippen LogP contribution in [0.2, 0.25) is 15.1 Å². The van der Waals surface area contributed by atoms with E-state index in [9.17, 15) is 0 Å². The smallest absolute Gasteiger partial charge is 0.131 e. The number of aliphatic hydroxyl groups excluding tert-OH is 1. The monoisotopic (exact) mass is 302 g/mol. The van der Waals surface area contributed by atoms with Crippen LogP contribution >= 0.6 is 34.8 Å². The number of hydrogen-bond donors (Lipinski definition) is 2. The predicted octanol–water partition coefficient (Wildman–Crippen LogP) is 3.78. The fourth-order valence-corrected chi connectivity index (χ4v) is 2.63. The van der Waals surface area contributed by atoms with Gasteiger partial charge in [-0.1, -0.05) is 34.8 Å². The average Bonchev–Trinajstić information content (AvgIpc) is 2.30. The van der Waals surface area contributed by atoms with Crippen LogP contribution in [0.3, 0.4) is 0 Å². The molecule has 2 aromatic rings. The first-order valence-corrected chi connectivity index (χ1v) is 6.16. The molecular weight excluding hydrogens is 295 g/mol. The lowest BCUT2D eigenvalue weighted by atomic mass is 10.0. The molecule has 94 valence electrons. The largest absolute Gasteiger partial charge is 0.392 e. The number of halogens is 3. The summed E-state index contributed by atoms with van der Waals surface area (Å²) in [6, 6.07) is 4.86. The fraction of sp³-hybridized carbons (Fsp3) is 0.0833. The maximum atomic E-state index is 9.11. The summed E-state index contributed by atoms with van der Waals surface area (Å²) in [5, 5.41) is 10.3.